The number of rotatable bonds is 6. The average molecular weight is 282 g/mol. The summed E-state index contributed by atoms with van der Waals surface area (Å²) in [5.74, 6) is 0. The Balaban J connectivity index is 1.84. The van der Waals surface area contributed by atoms with Gasteiger partial charge in [-0.2, -0.15) is 0 Å². The number of nitrogens with zero attached hydrogens (tertiary/aromatic N) is 1. The molecule has 0 saturated carbocycles. The maximum atomic E-state index is 10.6. The van der Waals surface area contributed by atoms with Crippen molar-refractivity contribution in [3.05, 3.63) is 81.9 Å². The fourth-order valence-electron chi connectivity index (χ4n) is 2.01. The van der Waals surface area contributed by atoms with Gasteiger partial charge in [-0.25, -0.2) is 0 Å². The van der Waals surface area contributed by atoms with Crippen LogP contribution in [0, 0.1) is 10.1 Å². The van der Waals surface area contributed by atoms with Gasteiger partial charge in [0.05, 0.1) is 4.92 Å². The van der Waals surface area contributed by atoms with Gasteiger partial charge in [0.1, 0.15) is 0 Å². The third-order valence-electron chi connectivity index (χ3n) is 3.26. The number of hydrogen-bond acceptors (Lipinski definition) is 3. The lowest BCUT2D eigenvalue weighted by Gasteiger charge is -2.12. The van der Waals surface area contributed by atoms with E-state index in [9.17, 15) is 10.1 Å². The lowest BCUT2D eigenvalue weighted by atomic mass is 10.1. The summed E-state index contributed by atoms with van der Waals surface area (Å²) in [7, 11) is 0. The predicted octanol–water partition coefficient (Wildman–Crippen LogP) is 3.96. The minimum atomic E-state index is -0.392. The molecule has 0 aliphatic carbocycles. The second-order valence-corrected chi connectivity index (χ2v) is 4.79. The van der Waals surface area contributed by atoms with E-state index in [0.717, 1.165) is 12.1 Å². The molecule has 0 fully saturated rings. The average Bonchev–Trinajstić information content (AvgIpc) is 2.52. The van der Waals surface area contributed by atoms with Crippen molar-refractivity contribution in [1.82, 2.24) is 5.32 Å². The molecule has 0 spiro atoms. The Hall–Kier alpha value is -2.46. The summed E-state index contributed by atoms with van der Waals surface area (Å²) in [5, 5.41) is 14.0. The fraction of sp³-hybridized carbons (Fsp3) is 0.176. The van der Waals surface area contributed by atoms with E-state index in [1.807, 2.05) is 30.4 Å². The summed E-state index contributed by atoms with van der Waals surface area (Å²) >= 11 is 0. The van der Waals surface area contributed by atoms with E-state index in [2.05, 4.69) is 24.4 Å². The molecule has 0 heterocycles. The molecule has 0 aromatic heterocycles. The largest absolute Gasteiger partial charge is 0.307 e. The van der Waals surface area contributed by atoms with E-state index >= 15 is 0 Å². The molecule has 108 valence electrons. The van der Waals surface area contributed by atoms with Crippen LogP contribution in [0.5, 0.6) is 0 Å². The molecule has 2 aromatic carbocycles. The minimum Gasteiger partial charge on any atom is -0.307 e. The van der Waals surface area contributed by atoms with Gasteiger partial charge in [0.15, 0.2) is 0 Å². The second kappa shape index (κ2) is 7.36. The zero-order chi connectivity index (χ0) is 15.1. The number of nitrogens with one attached hydrogen (secondary N) is 1. The molecule has 0 aliphatic rings. The van der Waals surface area contributed by atoms with Crippen LogP contribution in [0.15, 0.2) is 60.7 Å². The Kier molecular flexibility index (Phi) is 5.23. The van der Waals surface area contributed by atoms with Crippen LogP contribution in [0.25, 0.3) is 6.08 Å². The number of nitro groups is 1. The maximum Gasteiger partial charge on any atom is 0.269 e. The van der Waals surface area contributed by atoms with Gasteiger partial charge in [-0.05, 0) is 30.2 Å². The SMILES string of the molecule is C[C@@H](NC/C=C/c1ccc([N+](=O)[O-])cc1)c1ccccc1. The molecule has 0 radical (unpaired) electrons. The van der Waals surface area contributed by atoms with E-state index < -0.39 is 4.92 Å². The second-order valence-electron chi connectivity index (χ2n) is 4.79. The predicted molar refractivity (Wildman–Crippen MR) is 85.0 cm³/mol. The minimum absolute atomic E-state index is 0.114. The Morgan fingerprint density at radius 3 is 2.43 bits per heavy atom. The third-order valence-corrected chi connectivity index (χ3v) is 3.26. The molecule has 2 aromatic rings. The van der Waals surface area contributed by atoms with E-state index in [1.54, 1.807) is 12.1 Å². The van der Waals surface area contributed by atoms with Crippen molar-refractivity contribution < 1.29 is 4.92 Å². The fourth-order valence-corrected chi connectivity index (χ4v) is 2.01. The molecular weight excluding hydrogens is 264 g/mol. The van der Waals surface area contributed by atoms with Gasteiger partial charge in [-0.1, -0.05) is 42.5 Å². The smallest absolute Gasteiger partial charge is 0.269 e. The molecule has 0 amide bonds. The number of hydrogen-bond donors (Lipinski definition) is 1. The molecule has 2 rings (SSSR count). The first-order chi connectivity index (χ1) is 10.2. The number of non-ortho nitro benzene ring substituents is 1. The molecule has 4 heteroatoms. The monoisotopic (exact) mass is 282 g/mol. The van der Waals surface area contributed by atoms with Crippen LogP contribution in [0.2, 0.25) is 0 Å². The highest BCUT2D eigenvalue weighted by atomic mass is 16.6. The van der Waals surface area contributed by atoms with Crippen molar-refractivity contribution in [2.75, 3.05) is 6.54 Å². The van der Waals surface area contributed by atoms with E-state index in [1.165, 1.54) is 17.7 Å². The molecule has 1 atom stereocenters. The summed E-state index contributed by atoms with van der Waals surface area (Å²) in [6.45, 7) is 2.86. The van der Waals surface area contributed by atoms with Gasteiger partial charge in [0.25, 0.3) is 5.69 Å². The van der Waals surface area contributed by atoms with Crippen LogP contribution in [-0.4, -0.2) is 11.5 Å². The summed E-state index contributed by atoms with van der Waals surface area (Å²) in [6.07, 6.45) is 3.97. The molecule has 1 N–H and O–H groups in total. The standard InChI is InChI=1S/C17H18N2O2/c1-14(16-7-3-2-4-8-16)18-13-5-6-15-9-11-17(12-10-15)19(20)21/h2-12,14,18H,13H2,1H3/b6-5+/t14-/m1/s1. The lowest BCUT2D eigenvalue weighted by molar-refractivity contribution is -0.384. The Morgan fingerprint density at radius 2 is 1.81 bits per heavy atom. The van der Waals surface area contributed by atoms with Crippen molar-refractivity contribution in [2.45, 2.75) is 13.0 Å². The highest BCUT2D eigenvalue weighted by molar-refractivity contribution is 5.51. The van der Waals surface area contributed by atoms with Crippen LogP contribution in [0.4, 0.5) is 5.69 Å². The van der Waals surface area contributed by atoms with Crippen LogP contribution >= 0.6 is 0 Å². The molecular formula is C17H18N2O2. The molecule has 0 aliphatic heterocycles. The van der Waals surface area contributed by atoms with E-state index in [4.69, 9.17) is 0 Å². The zero-order valence-corrected chi connectivity index (χ0v) is 11.9. The number of benzene rings is 2. The highest BCUT2D eigenvalue weighted by Crippen LogP contribution is 2.13. The quantitative estimate of drug-likeness (QED) is 0.644. The summed E-state index contributed by atoms with van der Waals surface area (Å²) in [4.78, 5) is 10.2. The molecule has 0 unspecified atom stereocenters. The first kappa shape index (κ1) is 14.9. The van der Waals surface area contributed by atoms with Crippen LogP contribution in [-0.2, 0) is 0 Å². The summed E-state index contributed by atoms with van der Waals surface area (Å²) < 4.78 is 0. The van der Waals surface area contributed by atoms with Crippen molar-refractivity contribution in [3.63, 3.8) is 0 Å². The molecule has 0 bridgehead atoms. The van der Waals surface area contributed by atoms with E-state index in [0.29, 0.717) is 0 Å². The third kappa shape index (κ3) is 4.54. The number of nitro benzene ring substituents is 1. The van der Waals surface area contributed by atoms with Crippen LogP contribution in [0.3, 0.4) is 0 Å². The van der Waals surface area contributed by atoms with Gasteiger partial charge in [0, 0.05) is 24.7 Å². The molecule has 21 heavy (non-hydrogen) atoms. The van der Waals surface area contributed by atoms with Crippen LogP contribution < -0.4 is 5.32 Å². The zero-order valence-electron chi connectivity index (χ0n) is 11.9. The van der Waals surface area contributed by atoms with Gasteiger partial charge in [0.2, 0.25) is 0 Å². The van der Waals surface area contributed by atoms with Gasteiger partial charge in [-0.3, -0.25) is 10.1 Å². The summed E-state index contributed by atoms with van der Waals surface area (Å²) in [5.41, 5.74) is 2.32. The molecule has 4 nitrogen and oxygen atoms in total. The van der Waals surface area contributed by atoms with E-state index in [-0.39, 0.29) is 11.7 Å². The van der Waals surface area contributed by atoms with Crippen molar-refractivity contribution in [2.24, 2.45) is 0 Å². The lowest BCUT2D eigenvalue weighted by Crippen LogP contribution is -2.18. The van der Waals surface area contributed by atoms with Gasteiger partial charge in [-0.15, -0.1) is 0 Å². The highest BCUT2D eigenvalue weighted by Gasteiger charge is 2.03. The Morgan fingerprint density at radius 1 is 1.14 bits per heavy atom. The van der Waals surface area contributed by atoms with Crippen molar-refractivity contribution in [3.8, 4) is 0 Å². The first-order valence-electron chi connectivity index (χ1n) is 6.86. The maximum absolute atomic E-state index is 10.6. The topological polar surface area (TPSA) is 55.2 Å². The normalized spacial score (nSPS) is 12.4. The first-order valence-corrected chi connectivity index (χ1v) is 6.86. The molecule has 0 saturated heterocycles. The van der Waals surface area contributed by atoms with Crippen molar-refractivity contribution >= 4 is 11.8 Å². The van der Waals surface area contributed by atoms with Crippen LogP contribution in [0.1, 0.15) is 24.1 Å². The van der Waals surface area contributed by atoms with Crippen molar-refractivity contribution in [1.29, 1.82) is 0 Å². The van der Waals surface area contributed by atoms with Gasteiger partial charge < -0.3 is 5.32 Å². The van der Waals surface area contributed by atoms with Gasteiger partial charge >= 0.3 is 0 Å². The summed E-state index contributed by atoms with van der Waals surface area (Å²) in [6, 6.07) is 17.1. The Labute approximate surface area is 124 Å². The Bertz CT molecular complexity index is 606.